The molecule has 1 N–H and O–H groups in total. The Bertz CT molecular complexity index is 882. The smallest absolute Gasteiger partial charge is 0.254 e. The molecule has 0 bridgehead atoms. The minimum atomic E-state index is 0.105. The largest absolute Gasteiger partial charge is 0.342 e. The number of carbonyl (C=O) groups is 1. The molecule has 1 fully saturated rings. The molecule has 1 aromatic carbocycles. The number of piperidine rings is 1. The fraction of sp³-hybridized carbons (Fsp3) is 0.350. The normalized spacial score (nSPS) is 15.5. The van der Waals surface area contributed by atoms with Crippen molar-refractivity contribution in [2.24, 2.45) is 0 Å². The first-order valence-corrected chi connectivity index (χ1v) is 10.1. The summed E-state index contributed by atoms with van der Waals surface area (Å²) in [7, 11) is 0. The first kappa shape index (κ1) is 17.1. The highest BCUT2D eigenvalue weighted by Crippen LogP contribution is 2.28. The number of amides is 1. The van der Waals surface area contributed by atoms with E-state index in [1.54, 1.807) is 18.0 Å². The van der Waals surface area contributed by atoms with E-state index < -0.39 is 0 Å². The van der Waals surface area contributed by atoms with Gasteiger partial charge in [-0.25, -0.2) is 9.97 Å². The Kier molecular flexibility index (Phi) is 4.93. The van der Waals surface area contributed by atoms with E-state index in [1.807, 2.05) is 35.2 Å². The van der Waals surface area contributed by atoms with Crippen LogP contribution < -0.4 is 0 Å². The Labute approximate surface area is 157 Å². The molecular formula is C20H22N4OS. The maximum Gasteiger partial charge on any atom is 0.254 e. The third kappa shape index (κ3) is 3.46. The molecule has 6 heteroatoms. The molecule has 1 amide bonds. The van der Waals surface area contributed by atoms with Gasteiger partial charge < -0.3 is 9.88 Å². The van der Waals surface area contributed by atoms with Gasteiger partial charge in [0.05, 0.1) is 16.1 Å². The number of nitrogens with zero attached hydrogens (tertiary/aromatic N) is 3. The van der Waals surface area contributed by atoms with E-state index in [4.69, 9.17) is 4.98 Å². The maximum absolute atomic E-state index is 12.8. The number of benzene rings is 1. The van der Waals surface area contributed by atoms with Crippen LogP contribution in [0.15, 0.2) is 47.6 Å². The summed E-state index contributed by atoms with van der Waals surface area (Å²) >= 11 is 1.66. The third-order valence-electron chi connectivity index (χ3n) is 4.85. The Morgan fingerprint density at radius 3 is 2.85 bits per heavy atom. The summed E-state index contributed by atoms with van der Waals surface area (Å²) < 4.78 is 0. The van der Waals surface area contributed by atoms with Gasteiger partial charge in [-0.15, -0.1) is 11.8 Å². The number of H-pyrrole nitrogens is 1. The number of para-hydroxylation sites is 2. The molecule has 0 spiro atoms. The number of likely N-dealkylation sites (tertiary alicyclic amines) is 1. The van der Waals surface area contributed by atoms with Crippen molar-refractivity contribution in [2.75, 3.05) is 18.8 Å². The van der Waals surface area contributed by atoms with E-state index in [9.17, 15) is 4.79 Å². The van der Waals surface area contributed by atoms with Crippen LogP contribution in [0.4, 0.5) is 0 Å². The molecule has 1 saturated heterocycles. The van der Waals surface area contributed by atoms with Gasteiger partial charge in [-0.3, -0.25) is 4.79 Å². The van der Waals surface area contributed by atoms with Crippen LogP contribution in [-0.2, 0) is 0 Å². The number of aromatic amines is 1. The minimum absolute atomic E-state index is 0.105. The number of hydrogen-bond acceptors (Lipinski definition) is 4. The first-order valence-electron chi connectivity index (χ1n) is 9.07. The van der Waals surface area contributed by atoms with Crippen molar-refractivity contribution in [1.29, 1.82) is 0 Å². The molecule has 26 heavy (non-hydrogen) atoms. The van der Waals surface area contributed by atoms with Crippen LogP contribution in [0.5, 0.6) is 0 Å². The van der Waals surface area contributed by atoms with Crippen LogP contribution >= 0.6 is 11.8 Å². The van der Waals surface area contributed by atoms with Crippen LogP contribution in [-0.4, -0.2) is 44.6 Å². The number of thioether (sulfide) groups is 1. The zero-order chi connectivity index (χ0) is 17.9. The van der Waals surface area contributed by atoms with Gasteiger partial charge in [-0.1, -0.05) is 19.1 Å². The third-order valence-corrected chi connectivity index (χ3v) is 5.66. The van der Waals surface area contributed by atoms with Gasteiger partial charge in [-0.05, 0) is 42.9 Å². The summed E-state index contributed by atoms with van der Waals surface area (Å²) in [5, 5.41) is 0.913. The molecular weight excluding hydrogens is 344 g/mol. The van der Waals surface area contributed by atoms with Crippen LogP contribution in [0.25, 0.3) is 11.0 Å². The van der Waals surface area contributed by atoms with Gasteiger partial charge in [0.25, 0.3) is 5.91 Å². The molecule has 3 heterocycles. The SMILES string of the molecule is CCSc1cc(C(=O)N2CCC(c3nc4ccccc4[nH]3)CC2)ccn1. The fourth-order valence-electron chi connectivity index (χ4n) is 3.47. The van der Waals surface area contributed by atoms with Crippen LogP contribution in [0, 0.1) is 0 Å². The summed E-state index contributed by atoms with van der Waals surface area (Å²) in [6.07, 6.45) is 3.60. The molecule has 0 radical (unpaired) electrons. The van der Waals surface area contributed by atoms with Crippen molar-refractivity contribution in [3.8, 4) is 0 Å². The number of fused-ring (bicyclic) bond motifs is 1. The summed E-state index contributed by atoms with van der Waals surface area (Å²) in [6, 6.07) is 11.8. The second-order valence-corrected chi connectivity index (χ2v) is 7.81. The number of nitrogens with one attached hydrogen (secondary N) is 1. The average molecular weight is 366 g/mol. The quantitative estimate of drug-likeness (QED) is 0.707. The zero-order valence-corrected chi connectivity index (χ0v) is 15.6. The summed E-state index contributed by atoms with van der Waals surface area (Å²) in [6.45, 7) is 3.61. The lowest BCUT2D eigenvalue weighted by molar-refractivity contribution is 0.0711. The lowest BCUT2D eigenvalue weighted by atomic mass is 9.95. The van der Waals surface area contributed by atoms with Crippen molar-refractivity contribution < 1.29 is 4.79 Å². The molecule has 134 valence electrons. The predicted molar refractivity (Wildman–Crippen MR) is 105 cm³/mol. The van der Waals surface area contributed by atoms with Crippen molar-refractivity contribution in [2.45, 2.75) is 30.7 Å². The summed E-state index contributed by atoms with van der Waals surface area (Å²) in [5.41, 5.74) is 2.83. The Morgan fingerprint density at radius 1 is 1.27 bits per heavy atom. The molecule has 0 saturated carbocycles. The van der Waals surface area contributed by atoms with E-state index in [0.29, 0.717) is 5.92 Å². The van der Waals surface area contributed by atoms with Gasteiger partial charge in [-0.2, -0.15) is 0 Å². The van der Waals surface area contributed by atoms with Gasteiger partial charge >= 0.3 is 0 Å². The average Bonchev–Trinajstić information content (AvgIpc) is 3.12. The molecule has 5 nitrogen and oxygen atoms in total. The molecule has 0 unspecified atom stereocenters. The number of pyridine rings is 1. The van der Waals surface area contributed by atoms with E-state index in [0.717, 1.165) is 59.1 Å². The highest BCUT2D eigenvalue weighted by atomic mass is 32.2. The minimum Gasteiger partial charge on any atom is -0.342 e. The van der Waals surface area contributed by atoms with E-state index >= 15 is 0 Å². The molecule has 1 aliphatic heterocycles. The molecule has 3 aromatic rings. The molecule has 0 aliphatic carbocycles. The topological polar surface area (TPSA) is 61.9 Å². The van der Waals surface area contributed by atoms with Gasteiger partial charge in [0.15, 0.2) is 0 Å². The van der Waals surface area contributed by atoms with Crippen LogP contribution in [0.1, 0.15) is 41.9 Å². The molecule has 0 atom stereocenters. The van der Waals surface area contributed by atoms with Gasteiger partial charge in [0.1, 0.15) is 5.82 Å². The standard InChI is InChI=1S/C20H22N4OS/c1-2-26-18-13-15(7-10-21-18)20(25)24-11-8-14(9-12-24)19-22-16-5-3-4-6-17(16)23-19/h3-7,10,13-14H,2,8-9,11-12H2,1H3,(H,22,23). The van der Waals surface area contributed by atoms with E-state index in [-0.39, 0.29) is 5.91 Å². The highest BCUT2D eigenvalue weighted by Gasteiger charge is 2.26. The number of aromatic nitrogens is 3. The van der Waals surface area contributed by atoms with Crippen molar-refractivity contribution in [3.63, 3.8) is 0 Å². The number of carbonyl (C=O) groups excluding carboxylic acids is 1. The first-order chi connectivity index (χ1) is 12.7. The summed E-state index contributed by atoms with van der Waals surface area (Å²) in [5.74, 6) is 2.49. The highest BCUT2D eigenvalue weighted by molar-refractivity contribution is 7.99. The second-order valence-electron chi connectivity index (χ2n) is 6.52. The number of imidazole rings is 1. The number of rotatable bonds is 4. The molecule has 2 aromatic heterocycles. The van der Waals surface area contributed by atoms with E-state index in [1.165, 1.54) is 0 Å². The van der Waals surface area contributed by atoms with E-state index in [2.05, 4.69) is 23.0 Å². The number of hydrogen-bond donors (Lipinski definition) is 1. The molecule has 4 rings (SSSR count). The lowest BCUT2D eigenvalue weighted by Crippen LogP contribution is -2.38. The maximum atomic E-state index is 12.8. The van der Waals surface area contributed by atoms with Crippen molar-refractivity contribution >= 4 is 28.7 Å². The molecule has 1 aliphatic rings. The Balaban J connectivity index is 1.43. The van der Waals surface area contributed by atoms with Crippen molar-refractivity contribution in [3.05, 3.63) is 54.0 Å². The van der Waals surface area contributed by atoms with Gasteiger partial charge in [0, 0.05) is 30.8 Å². The monoisotopic (exact) mass is 366 g/mol. The summed E-state index contributed by atoms with van der Waals surface area (Å²) in [4.78, 5) is 27.2. The van der Waals surface area contributed by atoms with Crippen LogP contribution in [0.2, 0.25) is 0 Å². The Morgan fingerprint density at radius 2 is 2.08 bits per heavy atom. The predicted octanol–water partition coefficient (Wildman–Crippen LogP) is 4.09. The van der Waals surface area contributed by atoms with Crippen LogP contribution in [0.3, 0.4) is 0 Å². The van der Waals surface area contributed by atoms with Gasteiger partial charge in [0.2, 0.25) is 0 Å². The zero-order valence-electron chi connectivity index (χ0n) is 14.8. The lowest BCUT2D eigenvalue weighted by Gasteiger charge is -2.31. The fourth-order valence-corrected chi connectivity index (χ4v) is 4.12. The Hall–Kier alpha value is -2.34. The second kappa shape index (κ2) is 7.50. The van der Waals surface area contributed by atoms with Crippen molar-refractivity contribution in [1.82, 2.24) is 19.9 Å².